The number of halogens is 1. The fourth-order valence-electron chi connectivity index (χ4n) is 2.49. The molecule has 3 aromatic rings. The number of nitrogens with one attached hydrogen (secondary N) is 1. The highest BCUT2D eigenvalue weighted by Gasteiger charge is 2.13. The van der Waals surface area contributed by atoms with E-state index in [4.69, 9.17) is 0 Å². The van der Waals surface area contributed by atoms with Crippen LogP contribution in [0.5, 0.6) is 0 Å². The van der Waals surface area contributed by atoms with Crippen LogP contribution in [0.3, 0.4) is 0 Å². The van der Waals surface area contributed by atoms with Crippen LogP contribution in [0.15, 0.2) is 58.8 Å². The van der Waals surface area contributed by atoms with E-state index in [0.29, 0.717) is 27.2 Å². The quantitative estimate of drug-likeness (QED) is 0.497. The molecule has 0 aliphatic heterocycles. The zero-order chi connectivity index (χ0) is 21.7. The molecule has 2 aromatic carbocycles. The van der Waals surface area contributed by atoms with Crippen LogP contribution in [0, 0.1) is 5.82 Å². The van der Waals surface area contributed by atoms with E-state index in [9.17, 15) is 17.6 Å². The molecule has 0 unspecified atom stereocenters. The second-order valence-electron chi connectivity index (χ2n) is 6.39. The monoisotopic (exact) mass is 465 g/mol. The predicted octanol–water partition coefficient (Wildman–Crippen LogP) is 4.47. The van der Waals surface area contributed by atoms with Gasteiger partial charge < -0.3 is 5.32 Å². The van der Waals surface area contributed by atoms with Crippen molar-refractivity contribution in [3.8, 4) is 11.3 Å². The minimum atomic E-state index is -3.32. The zero-order valence-corrected chi connectivity index (χ0v) is 18.8. The Balaban J connectivity index is 1.55. The van der Waals surface area contributed by atoms with Gasteiger partial charge in [-0.25, -0.2) is 17.8 Å². The molecule has 10 heteroatoms. The van der Waals surface area contributed by atoms with Crippen LogP contribution in [-0.4, -0.2) is 38.4 Å². The normalized spacial score (nSPS) is 11.3. The van der Waals surface area contributed by atoms with Gasteiger partial charge in [-0.05, 0) is 24.3 Å². The average molecular weight is 466 g/mol. The molecule has 0 aliphatic carbocycles. The summed E-state index contributed by atoms with van der Waals surface area (Å²) in [4.78, 5) is 17.1. The van der Waals surface area contributed by atoms with Crippen molar-refractivity contribution >= 4 is 49.8 Å². The lowest BCUT2D eigenvalue weighted by molar-refractivity contribution is -0.115. The Kier molecular flexibility index (Phi) is 7.11. The molecular weight excluding hydrogens is 445 g/mol. The van der Waals surface area contributed by atoms with E-state index in [-0.39, 0.29) is 18.1 Å². The summed E-state index contributed by atoms with van der Waals surface area (Å²) in [7, 11) is -1.83. The number of aromatic nitrogens is 1. The molecule has 0 saturated carbocycles. The van der Waals surface area contributed by atoms with Crippen molar-refractivity contribution in [2.75, 3.05) is 28.7 Å². The zero-order valence-electron chi connectivity index (χ0n) is 16.3. The molecule has 0 saturated heterocycles. The molecule has 0 atom stereocenters. The highest BCUT2D eigenvalue weighted by Crippen LogP contribution is 2.27. The largest absolute Gasteiger partial charge is 0.302 e. The first-order valence-electron chi connectivity index (χ1n) is 8.91. The minimum absolute atomic E-state index is 0.190. The highest BCUT2D eigenvalue weighted by atomic mass is 32.2. The van der Waals surface area contributed by atoms with E-state index in [1.54, 1.807) is 42.5 Å². The first-order valence-corrected chi connectivity index (χ1v) is 12.6. The summed E-state index contributed by atoms with van der Waals surface area (Å²) in [5.41, 5.74) is 2.05. The lowest BCUT2D eigenvalue weighted by Crippen LogP contribution is -2.24. The summed E-state index contributed by atoms with van der Waals surface area (Å²) in [6.45, 7) is 0. The summed E-state index contributed by atoms with van der Waals surface area (Å²) in [5.74, 6) is -0.0218. The molecule has 1 heterocycles. The van der Waals surface area contributed by atoms with Gasteiger partial charge in [0.2, 0.25) is 15.9 Å². The van der Waals surface area contributed by atoms with Gasteiger partial charge in [0, 0.05) is 35.1 Å². The molecule has 30 heavy (non-hydrogen) atoms. The molecular formula is C20H20FN3O3S3. The average Bonchev–Trinajstić information content (AvgIpc) is 3.16. The van der Waals surface area contributed by atoms with Crippen LogP contribution >= 0.6 is 23.1 Å². The summed E-state index contributed by atoms with van der Waals surface area (Å²) in [6, 6.07) is 13.4. The number of benzene rings is 2. The third-order valence-corrected chi connectivity index (χ3v) is 7.21. The molecule has 1 amide bonds. The molecule has 6 nitrogen and oxygen atoms in total. The molecule has 0 fully saturated rings. The van der Waals surface area contributed by atoms with E-state index in [1.165, 1.54) is 40.5 Å². The molecule has 1 aromatic heterocycles. The van der Waals surface area contributed by atoms with Crippen molar-refractivity contribution in [1.29, 1.82) is 0 Å². The van der Waals surface area contributed by atoms with Crippen molar-refractivity contribution < 1.29 is 17.6 Å². The Hall–Kier alpha value is -2.43. The third-order valence-electron chi connectivity index (χ3n) is 4.20. The smallest absolute Gasteiger partial charge is 0.231 e. The van der Waals surface area contributed by atoms with Crippen LogP contribution in [0.25, 0.3) is 11.3 Å². The Morgan fingerprint density at radius 2 is 1.90 bits per heavy atom. The maximum absolute atomic E-state index is 13.6. The number of carbonyl (C=O) groups is 1. The van der Waals surface area contributed by atoms with E-state index in [2.05, 4.69) is 10.3 Å². The predicted molar refractivity (Wildman–Crippen MR) is 121 cm³/mol. The van der Waals surface area contributed by atoms with Gasteiger partial charge in [0.25, 0.3) is 0 Å². The van der Waals surface area contributed by atoms with Crippen LogP contribution in [-0.2, 0) is 14.8 Å². The molecule has 0 bridgehead atoms. The molecule has 0 radical (unpaired) electrons. The topological polar surface area (TPSA) is 79.4 Å². The fraction of sp³-hybridized carbons (Fsp3) is 0.200. The van der Waals surface area contributed by atoms with Gasteiger partial charge in [-0.1, -0.05) is 24.3 Å². The Bertz CT molecular complexity index is 1130. The molecule has 1 N–H and O–H groups in total. The highest BCUT2D eigenvalue weighted by molar-refractivity contribution is 7.99. The van der Waals surface area contributed by atoms with E-state index in [0.717, 1.165) is 11.8 Å². The van der Waals surface area contributed by atoms with Crippen LogP contribution in [0.1, 0.15) is 6.42 Å². The third kappa shape index (κ3) is 5.80. The summed E-state index contributed by atoms with van der Waals surface area (Å²) < 4.78 is 38.0. The maximum atomic E-state index is 13.6. The number of hydrogen-bond donors (Lipinski definition) is 1. The van der Waals surface area contributed by atoms with Gasteiger partial charge in [0.05, 0.1) is 17.6 Å². The number of amides is 1. The second kappa shape index (κ2) is 9.59. The van der Waals surface area contributed by atoms with Gasteiger partial charge >= 0.3 is 0 Å². The summed E-state index contributed by atoms with van der Waals surface area (Å²) >= 11 is 2.60. The maximum Gasteiger partial charge on any atom is 0.231 e. The number of anilines is 2. The summed E-state index contributed by atoms with van der Waals surface area (Å²) in [6.07, 6.45) is 1.38. The first-order chi connectivity index (χ1) is 14.2. The Labute approximate surface area is 183 Å². The lowest BCUT2D eigenvalue weighted by Gasteiger charge is -2.16. The minimum Gasteiger partial charge on any atom is -0.302 e. The molecule has 0 spiro atoms. The van der Waals surface area contributed by atoms with Crippen molar-refractivity contribution in [3.05, 3.63) is 59.7 Å². The van der Waals surface area contributed by atoms with Crippen LogP contribution < -0.4 is 9.62 Å². The van der Waals surface area contributed by atoms with Crippen molar-refractivity contribution in [1.82, 2.24) is 4.98 Å². The van der Waals surface area contributed by atoms with Gasteiger partial charge in [-0.2, -0.15) is 0 Å². The molecule has 158 valence electrons. The number of rotatable bonds is 8. The van der Waals surface area contributed by atoms with Crippen LogP contribution in [0.4, 0.5) is 15.2 Å². The van der Waals surface area contributed by atoms with Gasteiger partial charge in [0.15, 0.2) is 5.13 Å². The standard InChI is InChI=1S/C20H20FN3O3S3/c1-24(30(2,26)27)15-9-7-14(8-10-15)17-13-29-20(22-17)23-19(25)11-12-28-18-6-4-3-5-16(18)21/h3-10,13H,11-12H2,1-2H3,(H,22,23,25). The van der Waals surface area contributed by atoms with Gasteiger partial charge in [-0.15, -0.1) is 23.1 Å². The van der Waals surface area contributed by atoms with Crippen LogP contribution in [0.2, 0.25) is 0 Å². The number of carbonyl (C=O) groups excluding carboxylic acids is 1. The number of sulfonamides is 1. The van der Waals surface area contributed by atoms with Gasteiger partial charge in [0.1, 0.15) is 5.82 Å². The summed E-state index contributed by atoms with van der Waals surface area (Å²) in [5, 5.41) is 5.05. The number of thioether (sulfide) groups is 1. The van der Waals surface area contributed by atoms with E-state index >= 15 is 0 Å². The Morgan fingerprint density at radius 3 is 2.57 bits per heavy atom. The molecule has 0 aliphatic rings. The SMILES string of the molecule is CN(c1ccc(-c2csc(NC(=O)CCSc3ccccc3F)n2)cc1)S(C)(=O)=O. The first kappa shape index (κ1) is 22.3. The molecule has 3 rings (SSSR count). The number of thiazole rings is 1. The van der Waals surface area contributed by atoms with Crippen molar-refractivity contribution in [2.45, 2.75) is 11.3 Å². The van der Waals surface area contributed by atoms with Gasteiger partial charge in [-0.3, -0.25) is 9.10 Å². The van der Waals surface area contributed by atoms with E-state index < -0.39 is 10.0 Å². The van der Waals surface area contributed by atoms with Crippen molar-refractivity contribution in [3.63, 3.8) is 0 Å². The lowest BCUT2D eigenvalue weighted by atomic mass is 10.1. The Morgan fingerprint density at radius 1 is 1.20 bits per heavy atom. The van der Waals surface area contributed by atoms with E-state index in [1.807, 2.05) is 5.38 Å². The second-order valence-corrected chi connectivity index (χ2v) is 10.4. The number of hydrogen-bond acceptors (Lipinski definition) is 6. The fourth-order valence-corrected chi connectivity index (χ4v) is 4.62. The number of nitrogens with zero attached hydrogens (tertiary/aromatic N) is 2. The van der Waals surface area contributed by atoms with Crippen molar-refractivity contribution in [2.24, 2.45) is 0 Å².